The molecule has 120 valence electrons. The smallest absolute Gasteiger partial charge is 0.396 e. The van der Waals surface area contributed by atoms with Crippen LogP contribution in [0.5, 0.6) is 0 Å². The number of hydrogen-bond donors (Lipinski definition) is 3. The van der Waals surface area contributed by atoms with Crippen LogP contribution in [0.3, 0.4) is 0 Å². The van der Waals surface area contributed by atoms with Crippen molar-refractivity contribution in [3.05, 3.63) is 17.7 Å². The van der Waals surface area contributed by atoms with E-state index in [1.54, 1.807) is 0 Å². The van der Waals surface area contributed by atoms with Crippen LogP contribution in [-0.4, -0.2) is 30.3 Å². The lowest BCUT2D eigenvalue weighted by Gasteiger charge is -2.29. The fourth-order valence-corrected chi connectivity index (χ4v) is 1.97. The summed E-state index contributed by atoms with van der Waals surface area (Å²) in [5.41, 5.74) is -1.11. The summed E-state index contributed by atoms with van der Waals surface area (Å²) in [4.78, 5) is 4.07. The van der Waals surface area contributed by atoms with Crippen molar-refractivity contribution in [1.82, 2.24) is 4.98 Å². The number of anilines is 2. The standard InChI is InChI=1S/C14H22F3N3O/c1-4-13(5-2,9-21)8-19-12-7-10(14(15,16)17)6-11(18-3)20-12/h6-7,21H,4-5,8-9H2,1-3H3,(H2,18,19,20). The Balaban J connectivity index is 2.98. The fraction of sp³-hybridized carbons (Fsp3) is 0.643. The Morgan fingerprint density at radius 2 is 1.71 bits per heavy atom. The maximum Gasteiger partial charge on any atom is 0.416 e. The van der Waals surface area contributed by atoms with Crippen molar-refractivity contribution in [2.45, 2.75) is 32.9 Å². The van der Waals surface area contributed by atoms with E-state index in [1.165, 1.54) is 7.05 Å². The Morgan fingerprint density at radius 3 is 2.14 bits per heavy atom. The Kier molecular flexibility index (Phi) is 5.83. The first kappa shape index (κ1) is 17.6. The topological polar surface area (TPSA) is 57.2 Å². The highest BCUT2D eigenvalue weighted by atomic mass is 19.4. The SMILES string of the molecule is CCC(CC)(CO)CNc1cc(C(F)(F)F)cc(NC)n1. The summed E-state index contributed by atoms with van der Waals surface area (Å²) in [6, 6.07) is 1.94. The Morgan fingerprint density at radius 1 is 1.14 bits per heavy atom. The Labute approximate surface area is 122 Å². The summed E-state index contributed by atoms with van der Waals surface area (Å²) in [5, 5.41) is 15.0. The first-order valence-electron chi connectivity index (χ1n) is 6.92. The molecule has 0 unspecified atom stereocenters. The Bertz CT molecular complexity index is 451. The number of aromatic nitrogens is 1. The summed E-state index contributed by atoms with van der Waals surface area (Å²) >= 11 is 0. The minimum absolute atomic E-state index is 0.0230. The number of nitrogens with one attached hydrogen (secondary N) is 2. The summed E-state index contributed by atoms with van der Waals surface area (Å²) in [5.74, 6) is 0.295. The third-order valence-corrected chi connectivity index (χ3v) is 3.89. The Hall–Kier alpha value is -1.50. The lowest BCUT2D eigenvalue weighted by Crippen LogP contribution is -2.32. The largest absolute Gasteiger partial charge is 0.416 e. The van der Waals surface area contributed by atoms with Gasteiger partial charge in [0, 0.05) is 19.0 Å². The zero-order chi connectivity index (χ0) is 16.1. The van der Waals surface area contributed by atoms with E-state index < -0.39 is 11.7 Å². The van der Waals surface area contributed by atoms with Gasteiger partial charge in [0.1, 0.15) is 11.6 Å². The molecule has 0 bridgehead atoms. The summed E-state index contributed by atoms with van der Waals surface area (Å²) in [6.07, 6.45) is -2.97. The van der Waals surface area contributed by atoms with Gasteiger partial charge in [-0.05, 0) is 25.0 Å². The summed E-state index contributed by atoms with van der Waals surface area (Å²) in [7, 11) is 1.52. The second-order valence-corrected chi connectivity index (χ2v) is 5.09. The van der Waals surface area contributed by atoms with E-state index in [0.717, 1.165) is 25.0 Å². The molecule has 3 N–H and O–H groups in total. The average Bonchev–Trinajstić information content (AvgIpc) is 2.48. The molecule has 1 heterocycles. The zero-order valence-corrected chi connectivity index (χ0v) is 12.5. The van der Waals surface area contributed by atoms with Crippen LogP contribution in [0, 0.1) is 5.41 Å². The zero-order valence-electron chi connectivity index (χ0n) is 12.5. The van der Waals surface area contributed by atoms with Crippen molar-refractivity contribution < 1.29 is 18.3 Å². The third kappa shape index (κ3) is 4.49. The molecular formula is C14H22F3N3O. The van der Waals surface area contributed by atoms with E-state index in [2.05, 4.69) is 15.6 Å². The molecule has 21 heavy (non-hydrogen) atoms. The number of aliphatic hydroxyl groups is 1. The van der Waals surface area contributed by atoms with Crippen molar-refractivity contribution in [1.29, 1.82) is 0 Å². The van der Waals surface area contributed by atoms with Gasteiger partial charge in [-0.1, -0.05) is 13.8 Å². The van der Waals surface area contributed by atoms with Gasteiger partial charge in [0.25, 0.3) is 0 Å². The van der Waals surface area contributed by atoms with Gasteiger partial charge >= 0.3 is 6.18 Å². The molecule has 0 aliphatic carbocycles. The number of nitrogens with zero attached hydrogens (tertiary/aromatic N) is 1. The fourth-order valence-electron chi connectivity index (χ4n) is 1.97. The predicted octanol–water partition coefficient (Wildman–Crippen LogP) is 3.35. The first-order valence-corrected chi connectivity index (χ1v) is 6.92. The van der Waals surface area contributed by atoms with Gasteiger partial charge in [-0.15, -0.1) is 0 Å². The average molecular weight is 305 g/mol. The van der Waals surface area contributed by atoms with E-state index in [-0.39, 0.29) is 23.7 Å². The van der Waals surface area contributed by atoms with Crippen molar-refractivity contribution >= 4 is 11.6 Å². The molecule has 0 aromatic carbocycles. The van der Waals surface area contributed by atoms with Crippen molar-refractivity contribution in [3.63, 3.8) is 0 Å². The van der Waals surface area contributed by atoms with Crippen LogP contribution in [0.2, 0.25) is 0 Å². The molecule has 0 saturated heterocycles. The van der Waals surface area contributed by atoms with Crippen LogP contribution in [0.1, 0.15) is 32.3 Å². The number of aliphatic hydroxyl groups excluding tert-OH is 1. The van der Waals surface area contributed by atoms with E-state index in [0.29, 0.717) is 6.54 Å². The number of halogens is 3. The second-order valence-electron chi connectivity index (χ2n) is 5.09. The molecule has 4 nitrogen and oxygen atoms in total. The first-order chi connectivity index (χ1) is 9.80. The van der Waals surface area contributed by atoms with E-state index in [1.807, 2.05) is 13.8 Å². The van der Waals surface area contributed by atoms with E-state index in [9.17, 15) is 18.3 Å². The molecule has 0 aliphatic heterocycles. The monoisotopic (exact) mass is 305 g/mol. The molecule has 0 fully saturated rings. The van der Waals surface area contributed by atoms with Gasteiger partial charge in [-0.25, -0.2) is 4.98 Å². The minimum atomic E-state index is -4.42. The number of pyridine rings is 1. The maximum absolute atomic E-state index is 12.8. The van der Waals surface area contributed by atoms with Gasteiger partial charge in [0.15, 0.2) is 0 Å². The van der Waals surface area contributed by atoms with Gasteiger partial charge in [-0.2, -0.15) is 13.2 Å². The highest BCUT2D eigenvalue weighted by Gasteiger charge is 2.32. The molecule has 0 atom stereocenters. The van der Waals surface area contributed by atoms with Crippen molar-refractivity contribution in [2.24, 2.45) is 5.41 Å². The molecule has 0 amide bonds. The summed E-state index contributed by atoms with van der Waals surface area (Å²) < 4.78 is 38.5. The summed E-state index contributed by atoms with van der Waals surface area (Å²) in [6.45, 7) is 4.23. The molecule has 0 aliphatic rings. The van der Waals surface area contributed by atoms with Gasteiger partial charge < -0.3 is 15.7 Å². The lowest BCUT2D eigenvalue weighted by molar-refractivity contribution is -0.137. The normalized spacial score (nSPS) is 12.3. The number of rotatable bonds is 7. The van der Waals surface area contributed by atoms with Crippen LogP contribution in [0.25, 0.3) is 0 Å². The van der Waals surface area contributed by atoms with Gasteiger partial charge in [-0.3, -0.25) is 0 Å². The van der Waals surface area contributed by atoms with E-state index >= 15 is 0 Å². The minimum Gasteiger partial charge on any atom is -0.396 e. The highest BCUT2D eigenvalue weighted by molar-refractivity contribution is 5.49. The quantitative estimate of drug-likeness (QED) is 0.723. The molecule has 0 saturated carbocycles. The van der Waals surface area contributed by atoms with Gasteiger partial charge in [0.2, 0.25) is 0 Å². The third-order valence-electron chi connectivity index (χ3n) is 3.89. The maximum atomic E-state index is 12.8. The lowest BCUT2D eigenvalue weighted by atomic mass is 9.83. The van der Waals surface area contributed by atoms with Crippen LogP contribution in [0.15, 0.2) is 12.1 Å². The van der Waals surface area contributed by atoms with Gasteiger partial charge in [0.05, 0.1) is 12.2 Å². The molecule has 7 heteroatoms. The van der Waals surface area contributed by atoms with E-state index in [4.69, 9.17) is 0 Å². The molecule has 0 radical (unpaired) electrons. The van der Waals surface area contributed by atoms with Crippen LogP contribution in [0.4, 0.5) is 24.8 Å². The molecule has 1 aromatic rings. The highest BCUT2D eigenvalue weighted by Crippen LogP contribution is 2.32. The molecule has 1 aromatic heterocycles. The van der Waals surface area contributed by atoms with Crippen molar-refractivity contribution in [2.75, 3.05) is 30.8 Å². The van der Waals surface area contributed by atoms with Crippen LogP contribution < -0.4 is 10.6 Å². The molecule has 1 rings (SSSR count). The second kappa shape index (κ2) is 6.98. The van der Waals surface area contributed by atoms with Crippen molar-refractivity contribution in [3.8, 4) is 0 Å². The van der Waals surface area contributed by atoms with Crippen LogP contribution >= 0.6 is 0 Å². The predicted molar refractivity (Wildman–Crippen MR) is 77.4 cm³/mol. The molecular weight excluding hydrogens is 283 g/mol. The van der Waals surface area contributed by atoms with Crippen LogP contribution in [-0.2, 0) is 6.18 Å². The molecule has 0 spiro atoms. The number of alkyl halides is 3. The number of hydrogen-bond acceptors (Lipinski definition) is 4.